The molecule has 3 rings (SSSR count). The summed E-state index contributed by atoms with van der Waals surface area (Å²) in [5.41, 5.74) is 4.89. The fraction of sp³-hybridized carbons (Fsp3) is 0.300. The molecule has 0 aliphatic carbocycles. The number of amides is 2. The Bertz CT molecular complexity index is 1110. The zero-order valence-electron chi connectivity index (χ0n) is 17.0. The Labute approximate surface area is 174 Å². The maximum Gasteiger partial charge on any atom is 0.270 e. The molecule has 1 aliphatic rings. The lowest BCUT2D eigenvalue weighted by Gasteiger charge is -2.20. The van der Waals surface area contributed by atoms with Crippen molar-refractivity contribution in [2.75, 3.05) is 6.79 Å². The SMILES string of the molecule is Cc1ccc(S(=O)(=O)NC(C)(C)C)cc1C(=O)NNC(=O)c1ccc2c(c1)OCO2. The minimum absolute atomic E-state index is 0.0460. The third-order valence-electron chi connectivity index (χ3n) is 4.13. The van der Waals surface area contributed by atoms with Gasteiger partial charge >= 0.3 is 0 Å². The zero-order chi connectivity index (χ0) is 22.1. The van der Waals surface area contributed by atoms with E-state index < -0.39 is 27.4 Å². The number of sulfonamides is 1. The first kappa shape index (κ1) is 21.6. The van der Waals surface area contributed by atoms with Gasteiger partial charge in [0.15, 0.2) is 11.5 Å². The molecule has 0 atom stereocenters. The number of hydrogen-bond acceptors (Lipinski definition) is 6. The maximum atomic E-state index is 12.6. The fourth-order valence-electron chi connectivity index (χ4n) is 2.77. The summed E-state index contributed by atoms with van der Waals surface area (Å²) in [5.74, 6) is -0.228. The molecule has 9 nitrogen and oxygen atoms in total. The van der Waals surface area contributed by atoms with Crippen LogP contribution in [-0.2, 0) is 10.0 Å². The van der Waals surface area contributed by atoms with Crippen LogP contribution >= 0.6 is 0 Å². The van der Waals surface area contributed by atoms with Gasteiger partial charge in [0.1, 0.15) is 0 Å². The molecule has 3 N–H and O–H groups in total. The van der Waals surface area contributed by atoms with E-state index in [-0.39, 0.29) is 22.8 Å². The van der Waals surface area contributed by atoms with E-state index in [0.29, 0.717) is 17.1 Å². The van der Waals surface area contributed by atoms with Gasteiger partial charge in [-0.25, -0.2) is 13.1 Å². The van der Waals surface area contributed by atoms with Gasteiger partial charge in [-0.15, -0.1) is 0 Å². The van der Waals surface area contributed by atoms with Crippen LogP contribution in [0.1, 0.15) is 47.1 Å². The minimum atomic E-state index is -3.81. The van der Waals surface area contributed by atoms with Crippen molar-refractivity contribution in [3.63, 3.8) is 0 Å². The molecule has 0 saturated heterocycles. The van der Waals surface area contributed by atoms with Gasteiger partial charge < -0.3 is 9.47 Å². The molecule has 2 aromatic rings. The van der Waals surface area contributed by atoms with Gasteiger partial charge in [-0.1, -0.05) is 6.07 Å². The third-order valence-corrected chi connectivity index (χ3v) is 5.88. The fourth-order valence-corrected chi connectivity index (χ4v) is 4.21. The van der Waals surface area contributed by atoms with Gasteiger partial charge in [0.05, 0.1) is 4.90 Å². The van der Waals surface area contributed by atoms with Gasteiger partial charge in [-0.05, 0) is 63.6 Å². The zero-order valence-corrected chi connectivity index (χ0v) is 17.8. The Morgan fingerprint density at radius 2 is 1.60 bits per heavy atom. The molecule has 0 fully saturated rings. The summed E-state index contributed by atoms with van der Waals surface area (Å²) < 4.78 is 38.0. The smallest absolute Gasteiger partial charge is 0.270 e. The first-order valence-electron chi connectivity index (χ1n) is 9.11. The van der Waals surface area contributed by atoms with Crippen LogP contribution in [0.5, 0.6) is 11.5 Å². The first-order valence-corrected chi connectivity index (χ1v) is 10.6. The molecule has 160 valence electrons. The Hall–Kier alpha value is -3.11. The number of rotatable bonds is 4. The molecule has 0 bridgehead atoms. The van der Waals surface area contributed by atoms with Gasteiger partial charge in [0.25, 0.3) is 11.8 Å². The Kier molecular flexibility index (Phi) is 5.73. The van der Waals surface area contributed by atoms with Gasteiger partial charge in [-0.3, -0.25) is 20.4 Å². The van der Waals surface area contributed by atoms with E-state index >= 15 is 0 Å². The molecule has 2 aromatic carbocycles. The van der Waals surface area contributed by atoms with Crippen LogP contribution in [0.25, 0.3) is 0 Å². The van der Waals surface area contributed by atoms with Crippen molar-refractivity contribution in [1.29, 1.82) is 0 Å². The summed E-state index contributed by atoms with van der Waals surface area (Å²) in [6, 6.07) is 8.86. The number of benzene rings is 2. The highest BCUT2D eigenvalue weighted by Crippen LogP contribution is 2.32. The number of fused-ring (bicyclic) bond motifs is 1. The molecular formula is C20H23N3O6S. The molecule has 0 radical (unpaired) electrons. The topological polar surface area (TPSA) is 123 Å². The molecule has 0 saturated carbocycles. The third kappa shape index (κ3) is 4.89. The van der Waals surface area contributed by atoms with Crippen LogP contribution in [-0.4, -0.2) is 32.6 Å². The highest BCUT2D eigenvalue weighted by Gasteiger charge is 2.24. The summed E-state index contributed by atoms with van der Waals surface area (Å²) in [5, 5.41) is 0. The van der Waals surface area contributed by atoms with Crippen molar-refractivity contribution in [1.82, 2.24) is 15.6 Å². The van der Waals surface area contributed by atoms with E-state index in [9.17, 15) is 18.0 Å². The lowest BCUT2D eigenvalue weighted by molar-refractivity contribution is 0.0846. The quantitative estimate of drug-likeness (QED) is 0.633. The standard InChI is InChI=1S/C20H23N3O6S/c1-12-5-7-14(30(26,27)23-20(2,3)4)10-15(12)19(25)22-21-18(24)13-6-8-16-17(9-13)29-11-28-16/h5-10,23H,11H2,1-4H3,(H,21,24)(H,22,25). The summed E-state index contributed by atoms with van der Waals surface area (Å²) in [7, 11) is -3.81. The minimum Gasteiger partial charge on any atom is -0.454 e. The van der Waals surface area contributed by atoms with Crippen LogP contribution in [0.4, 0.5) is 0 Å². The number of hydrazine groups is 1. The highest BCUT2D eigenvalue weighted by molar-refractivity contribution is 7.89. The average Bonchev–Trinajstić information content (AvgIpc) is 3.11. The van der Waals surface area contributed by atoms with Crippen LogP contribution in [0.2, 0.25) is 0 Å². The van der Waals surface area contributed by atoms with E-state index in [1.807, 2.05) is 0 Å². The summed E-state index contributed by atoms with van der Waals surface area (Å²) in [6.45, 7) is 6.91. The summed E-state index contributed by atoms with van der Waals surface area (Å²) >= 11 is 0. The molecule has 1 heterocycles. The Morgan fingerprint density at radius 3 is 2.30 bits per heavy atom. The Balaban J connectivity index is 1.73. The van der Waals surface area contributed by atoms with Crippen molar-refractivity contribution in [2.45, 2.75) is 38.1 Å². The molecule has 0 unspecified atom stereocenters. The van der Waals surface area contributed by atoms with Crippen molar-refractivity contribution >= 4 is 21.8 Å². The predicted octanol–water partition coefficient (Wildman–Crippen LogP) is 1.88. The van der Waals surface area contributed by atoms with Gasteiger partial charge in [0.2, 0.25) is 16.8 Å². The van der Waals surface area contributed by atoms with Crippen LogP contribution in [0.3, 0.4) is 0 Å². The van der Waals surface area contributed by atoms with Crippen LogP contribution in [0.15, 0.2) is 41.3 Å². The van der Waals surface area contributed by atoms with Crippen molar-refractivity contribution in [2.24, 2.45) is 0 Å². The van der Waals surface area contributed by atoms with Crippen molar-refractivity contribution < 1.29 is 27.5 Å². The molecule has 0 spiro atoms. The second-order valence-corrected chi connectivity index (χ2v) is 9.49. The summed E-state index contributed by atoms with van der Waals surface area (Å²) in [4.78, 5) is 24.8. The second-order valence-electron chi connectivity index (χ2n) is 7.81. The van der Waals surface area contributed by atoms with E-state index in [0.717, 1.165) is 0 Å². The second kappa shape index (κ2) is 7.96. The predicted molar refractivity (Wildman–Crippen MR) is 109 cm³/mol. The molecule has 1 aliphatic heterocycles. The van der Waals surface area contributed by atoms with E-state index in [1.54, 1.807) is 33.8 Å². The lowest BCUT2D eigenvalue weighted by atomic mass is 10.1. The number of carbonyl (C=O) groups excluding carboxylic acids is 2. The normalized spacial score (nSPS) is 13.1. The lowest BCUT2D eigenvalue weighted by Crippen LogP contribution is -2.42. The molecule has 30 heavy (non-hydrogen) atoms. The van der Waals surface area contributed by atoms with Crippen LogP contribution in [0, 0.1) is 6.92 Å². The highest BCUT2D eigenvalue weighted by atomic mass is 32.2. The molecule has 2 amide bonds. The number of ether oxygens (including phenoxy) is 2. The summed E-state index contributed by atoms with van der Waals surface area (Å²) in [6.07, 6.45) is 0. The number of aryl methyl sites for hydroxylation is 1. The van der Waals surface area contributed by atoms with Crippen molar-refractivity contribution in [3.8, 4) is 11.5 Å². The largest absolute Gasteiger partial charge is 0.454 e. The van der Waals surface area contributed by atoms with Gasteiger partial charge in [-0.2, -0.15) is 0 Å². The van der Waals surface area contributed by atoms with E-state index in [2.05, 4.69) is 15.6 Å². The monoisotopic (exact) mass is 433 g/mol. The molecular weight excluding hydrogens is 410 g/mol. The molecule has 0 aromatic heterocycles. The maximum absolute atomic E-state index is 12.6. The van der Waals surface area contributed by atoms with Crippen molar-refractivity contribution in [3.05, 3.63) is 53.1 Å². The number of hydrogen-bond donors (Lipinski definition) is 3. The van der Waals surface area contributed by atoms with E-state index in [4.69, 9.17) is 9.47 Å². The van der Waals surface area contributed by atoms with E-state index in [1.165, 1.54) is 30.3 Å². The van der Waals surface area contributed by atoms with Gasteiger partial charge in [0, 0.05) is 16.7 Å². The first-order chi connectivity index (χ1) is 14.0. The molecule has 10 heteroatoms. The number of carbonyl (C=O) groups is 2. The van der Waals surface area contributed by atoms with Crippen LogP contribution < -0.4 is 25.0 Å². The average molecular weight is 433 g/mol. The Morgan fingerprint density at radius 1 is 0.933 bits per heavy atom. The number of nitrogens with one attached hydrogen (secondary N) is 3.